The molecule has 0 aliphatic heterocycles. The first-order valence-electron chi connectivity index (χ1n) is 10.2. The van der Waals surface area contributed by atoms with E-state index in [2.05, 4.69) is 11.7 Å². The van der Waals surface area contributed by atoms with Crippen molar-refractivity contribution in [2.24, 2.45) is 5.92 Å². The van der Waals surface area contributed by atoms with Gasteiger partial charge in [0.05, 0.1) is 0 Å². The van der Waals surface area contributed by atoms with Crippen LogP contribution in [0.1, 0.15) is 95.5 Å². The van der Waals surface area contributed by atoms with Gasteiger partial charge in [-0.1, -0.05) is 70.4 Å². The zero-order chi connectivity index (χ0) is 17.9. The molecule has 3 heteroatoms. The van der Waals surface area contributed by atoms with Crippen LogP contribution in [0.15, 0.2) is 24.3 Å². The van der Waals surface area contributed by atoms with E-state index in [1.165, 1.54) is 82.6 Å². The van der Waals surface area contributed by atoms with E-state index in [0.717, 1.165) is 5.92 Å². The molecular formula is C22H34F2O. The molecule has 0 N–H and O–H groups in total. The number of halogens is 2. The van der Waals surface area contributed by atoms with Gasteiger partial charge in [0.15, 0.2) is 0 Å². The highest BCUT2D eigenvalue weighted by molar-refractivity contribution is 5.29. The molecule has 0 atom stereocenters. The number of rotatable bonds is 11. The Morgan fingerprint density at radius 2 is 1.48 bits per heavy atom. The number of hydrogen-bond donors (Lipinski definition) is 0. The molecule has 0 bridgehead atoms. The molecule has 0 aromatic heterocycles. The third kappa shape index (κ3) is 7.75. The molecule has 1 fully saturated rings. The highest BCUT2D eigenvalue weighted by Gasteiger charge is 2.22. The van der Waals surface area contributed by atoms with E-state index in [-0.39, 0.29) is 5.75 Å². The van der Waals surface area contributed by atoms with Crippen LogP contribution in [0.25, 0.3) is 0 Å². The fourth-order valence-corrected chi connectivity index (χ4v) is 4.10. The van der Waals surface area contributed by atoms with Crippen molar-refractivity contribution in [3.05, 3.63) is 29.8 Å². The van der Waals surface area contributed by atoms with E-state index >= 15 is 0 Å². The van der Waals surface area contributed by atoms with Crippen LogP contribution in [-0.2, 0) is 0 Å². The Labute approximate surface area is 152 Å². The van der Waals surface area contributed by atoms with Gasteiger partial charge in [-0.25, -0.2) is 0 Å². The van der Waals surface area contributed by atoms with Gasteiger partial charge in [-0.15, -0.1) is 0 Å². The SMILES string of the molecule is CCCCCCCCC[C@H]1CC[C@H](c2ccc(OC(F)F)cc2)CC1. The summed E-state index contributed by atoms with van der Waals surface area (Å²) in [5.41, 5.74) is 1.27. The summed E-state index contributed by atoms with van der Waals surface area (Å²) in [5, 5.41) is 0. The second kappa shape index (κ2) is 11.5. The Morgan fingerprint density at radius 3 is 2.08 bits per heavy atom. The summed E-state index contributed by atoms with van der Waals surface area (Å²) in [6.45, 7) is -0.477. The minimum Gasteiger partial charge on any atom is -0.435 e. The summed E-state index contributed by atoms with van der Waals surface area (Å²) in [6.07, 6.45) is 16.2. The summed E-state index contributed by atoms with van der Waals surface area (Å²) in [6, 6.07) is 7.26. The van der Waals surface area contributed by atoms with Gasteiger partial charge in [0.2, 0.25) is 0 Å². The largest absolute Gasteiger partial charge is 0.435 e. The molecule has 1 saturated carbocycles. The molecule has 2 rings (SSSR count). The first kappa shape index (κ1) is 20.2. The van der Waals surface area contributed by atoms with Crippen LogP contribution in [0, 0.1) is 5.92 Å². The summed E-state index contributed by atoms with van der Waals surface area (Å²) in [7, 11) is 0. The highest BCUT2D eigenvalue weighted by atomic mass is 19.3. The monoisotopic (exact) mass is 352 g/mol. The fourth-order valence-electron chi connectivity index (χ4n) is 4.10. The van der Waals surface area contributed by atoms with E-state index in [1.54, 1.807) is 12.1 Å². The van der Waals surface area contributed by atoms with Gasteiger partial charge in [-0.2, -0.15) is 8.78 Å². The number of alkyl halides is 2. The van der Waals surface area contributed by atoms with Crippen LogP contribution in [0.3, 0.4) is 0 Å². The molecule has 1 nitrogen and oxygen atoms in total. The zero-order valence-corrected chi connectivity index (χ0v) is 15.7. The van der Waals surface area contributed by atoms with Crippen LogP contribution < -0.4 is 4.74 Å². The fraction of sp³-hybridized carbons (Fsp3) is 0.727. The minimum absolute atomic E-state index is 0.256. The maximum atomic E-state index is 12.2. The third-order valence-electron chi connectivity index (χ3n) is 5.64. The number of benzene rings is 1. The molecule has 1 aromatic rings. The quantitative estimate of drug-likeness (QED) is 0.371. The lowest BCUT2D eigenvalue weighted by atomic mass is 9.77. The van der Waals surface area contributed by atoms with Crippen molar-refractivity contribution in [2.45, 2.75) is 96.5 Å². The first-order chi connectivity index (χ1) is 12.2. The average molecular weight is 353 g/mol. The Morgan fingerprint density at radius 1 is 0.880 bits per heavy atom. The Kier molecular flexibility index (Phi) is 9.28. The van der Waals surface area contributed by atoms with Gasteiger partial charge in [0.1, 0.15) is 5.75 Å². The predicted molar refractivity (Wildman–Crippen MR) is 100 cm³/mol. The molecule has 0 radical (unpaired) electrons. The van der Waals surface area contributed by atoms with Crippen LogP contribution in [-0.4, -0.2) is 6.61 Å². The molecule has 0 heterocycles. The van der Waals surface area contributed by atoms with E-state index < -0.39 is 6.61 Å². The maximum absolute atomic E-state index is 12.2. The lowest BCUT2D eigenvalue weighted by Crippen LogP contribution is -2.13. The van der Waals surface area contributed by atoms with Gasteiger partial charge in [0.25, 0.3) is 0 Å². The van der Waals surface area contributed by atoms with Crippen molar-refractivity contribution in [3.8, 4) is 5.75 Å². The number of hydrogen-bond acceptors (Lipinski definition) is 1. The maximum Gasteiger partial charge on any atom is 0.387 e. The van der Waals surface area contributed by atoms with Crippen molar-refractivity contribution in [1.29, 1.82) is 0 Å². The Hall–Kier alpha value is -1.12. The topological polar surface area (TPSA) is 9.23 Å². The van der Waals surface area contributed by atoms with Gasteiger partial charge in [-0.3, -0.25) is 0 Å². The van der Waals surface area contributed by atoms with Crippen LogP contribution in [0.2, 0.25) is 0 Å². The second-order valence-electron chi connectivity index (χ2n) is 7.58. The van der Waals surface area contributed by atoms with Gasteiger partial charge < -0.3 is 4.74 Å². The molecule has 0 amide bonds. The lowest BCUT2D eigenvalue weighted by molar-refractivity contribution is -0.0498. The second-order valence-corrected chi connectivity index (χ2v) is 7.58. The van der Waals surface area contributed by atoms with Crippen molar-refractivity contribution >= 4 is 0 Å². The van der Waals surface area contributed by atoms with Crippen molar-refractivity contribution in [2.75, 3.05) is 0 Å². The normalized spacial score (nSPS) is 20.8. The van der Waals surface area contributed by atoms with E-state index in [4.69, 9.17) is 0 Å². The molecule has 1 aliphatic rings. The van der Waals surface area contributed by atoms with E-state index in [9.17, 15) is 8.78 Å². The number of ether oxygens (including phenoxy) is 1. The van der Waals surface area contributed by atoms with Crippen LogP contribution in [0.4, 0.5) is 8.78 Å². The molecule has 0 saturated heterocycles. The Balaban J connectivity index is 1.61. The number of unbranched alkanes of at least 4 members (excludes halogenated alkanes) is 6. The van der Waals surface area contributed by atoms with Gasteiger partial charge in [-0.05, 0) is 55.2 Å². The van der Waals surface area contributed by atoms with E-state index in [1.807, 2.05) is 12.1 Å². The Bertz CT molecular complexity index is 450. The first-order valence-corrected chi connectivity index (χ1v) is 10.2. The molecule has 0 unspecified atom stereocenters. The third-order valence-corrected chi connectivity index (χ3v) is 5.64. The van der Waals surface area contributed by atoms with Crippen LogP contribution in [0.5, 0.6) is 5.75 Å². The standard InChI is InChI=1S/C22H34F2O/c1-2-3-4-5-6-7-8-9-18-10-12-19(13-11-18)20-14-16-21(17-15-20)25-22(23)24/h14-19,22H,2-13H2,1H3/t18-,19-. The van der Waals surface area contributed by atoms with E-state index in [0.29, 0.717) is 5.92 Å². The van der Waals surface area contributed by atoms with Crippen molar-refractivity contribution in [1.82, 2.24) is 0 Å². The van der Waals surface area contributed by atoms with Crippen molar-refractivity contribution in [3.63, 3.8) is 0 Å². The van der Waals surface area contributed by atoms with Gasteiger partial charge >= 0.3 is 6.61 Å². The average Bonchev–Trinajstić information content (AvgIpc) is 2.62. The lowest BCUT2D eigenvalue weighted by Gasteiger charge is -2.29. The molecule has 25 heavy (non-hydrogen) atoms. The minimum atomic E-state index is -2.74. The van der Waals surface area contributed by atoms with Gasteiger partial charge in [0, 0.05) is 0 Å². The molecule has 1 aliphatic carbocycles. The summed E-state index contributed by atoms with van der Waals surface area (Å²) in [5.74, 6) is 1.74. The molecule has 1 aromatic carbocycles. The summed E-state index contributed by atoms with van der Waals surface area (Å²) >= 11 is 0. The highest BCUT2D eigenvalue weighted by Crippen LogP contribution is 2.38. The smallest absolute Gasteiger partial charge is 0.387 e. The van der Waals surface area contributed by atoms with Crippen LogP contribution >= 0.6 is 0 Å². The molecule has 142 valence electrons. The summed E-state index contributed by atoms with van der Waals surface area (Å²) in [4.78, 5) is 0. The molecule has 0 spiro atoms. The zero-order valence-electron chi connectivity index (χ0n) is 15.7. The predicted octanol–water partition coefficient (Wildman–Crippen LogP) is 7.70. The summed E-state index contributed by atoms with van der Waals surface area (Å²) < 4.78 is 28.8. The van der Waals surface area contributed by atoms with Crippen molar-refractivity contribution < 1.29 is 13.5 Å². The molecular weight excluding hydrogens is 318 g/mol.